The second kappa shape index (κ2) is 8.84. The van der Waals surface area contributed by atoms with E-state index in [1.165, 1.54) is 18.4 Å². The Morgan fingerprint density at radius 3 is 2.48 bits per heavy atom. The molecule has 3 nitrogen and oxygen atoms in total. The van der Waals surface area contributed by atoms with E-state index < -0.39 is 0 Å². The quantitative estimate of drug-likeness (QED) is 0.895. The van der Waals surface area contributed by atoms with E-state index in [1.807, 2.05) is 0 Å². The van der Waals surface area contributed by atoms with Gasteiger partial charge in [-0.15, -0.1) is 24.8 Å². The topological polar surface area (TPSA) is 24.5 Å². The van der Waals surface area contributed by atoms with E-state index in [2.05, 4.69) is 41.4 Å². The zero-order valence-electron chi connectivity index (χ0n) is 12.6. The molecule has 21 heavy (non-hydrogen) atoms. The summed E-state index contributed by atoms with van der Waals surface area (Å²) in [4.78, 5) is 2.64. The molecule has 1 heterocycles. The van der Waals surface area contributed by atoms with E-state index >= 15 is 0 Å². The molecule has 1 aromatic rings. The van der Waals surface area contributed by atoms with Crippen LogP contribution in [-0.4, -0.2) is 37.7 Å². The molecule has 1 aliphatic heterocycles. The molecule has 0 amide bonds. The lowest BCUT2D eigenvalue weighted by Gasteiger charge is -2.36. The molecule has 1 atom stereocenters. The molecule has 0 aromatic heterocycles. The summed E-state index contributed by atoms with van der Waals surface area (Å²) in [5, 5.41) is 3.45. The summed E-state index contributed by atoms with van der Waals surface area (Å²) in [6.45, 7) is 7.34. The Bertz CT molecular complexity index is 420. The Morgan fingerprint density at radius 2 is 1.86 bits per heavy atom. The van der Waals surface area contributed by atoms with E-state index in [-0.39, 0.29) is 24.8 Å². The van der Waals surface area contributed by atoms with Crippen molar-refractivity contribution in [3.8, 4) is 5.75 Å². The van der Waals surface area contributed by atoms with Crippen molar-refractivity contribution in [2.24, 2.45) is 5.92 Å². The van der Waals surface area contributed by atoms with Gasteiger partial charge in [0.15, 0.2) is 0 Å². The van der Waals surface area contributed by atoms with Crippen LogP contribution in [0.25, 0.3) is 0 Å². The molecule has 120 valence electrons. The molecular formula is C16H26Cl2N2O. The average molecular weight is 333 g/mol. The number of halogens is 2. The van der Waals surface area contributed by atoms with E-state index in [0.717, 1.165) is 44.5 Å². The Balaban J connectivity index is 0.00000110. The predicted octanol–water partition coefficient (Wildman–Crippen LogP) is 3.29. The molecule has 0 radical (unpaired) electrons. The van der Waals surface area contributed by atoms with Crippen molar-refractivity contribution in [1.29, 1.82) is 0 Å². The van der Waals surface area contributed by atoms with Crippen LogP contribution in [0.2, 0.25) is 0 Å². The number of benzene rings is 1. The standard InChI is InChI=1S/C16H24N2O.2ClH/c1-2-19-15-6-4-3-5-14(15)16(13-7-8-13)18-11-9-17-10-12-18;;/h3-6,13,16-17H,2,7-12H2,1H3;2*1H/t16-;;/m0../s1. The average Bonchev–Trinajstić information content (AvgIpc) is 3.27. The van der Waals surface area contributed by atoms with Gasteiger partial charge in [-0.3, -0.25) is 4.90 Å². The van der Waals surface area contributed by atoms with Gasteiger partial charge < -0.3 is 10.1 Å². The van der Waals surface area contributed by atoms with Crippen LogP contribution in [-0.2, 0) is 0 Å². The van der Waals surface area contributed by atoms with E-state index in [9.17, 15) is 0 Å². The lowest BCUT2D eigenvalue weighted by atomic mass is 9.98. The number of hydrogen-bond acceptors (Lipinski definition) is 3. The fourth-order valence-corrected chi connectivity index (χ4v) is 3.13. The van der Waals surface area contributed by atoms with Crippen LogP contribution in [0.1, 0.15) is 31.4 Å². The molecular weight excluding hydrogens is 307 g/mol. The first-order chi connectivity index (χ1) is 9.40. The fourth-order valence-electron chi connectivity index (χ4n) is 3.13. The first-order valence-electron chi connectivity index (χ1n) is 7.56. The smallest absolute Gasteiger partial charge is 0.124 e. The molecule has 2 aliphatic rings. The van der Waals surface area contributed by atoms with E-state index in [1.54, 1.807) is 0 Å². The number of hydrogen-bond donors (Lipinski definition) is 1. The molecule has 0 unspecified atom stereocenters. The van der Waals surface area contributed by atoms with Crippen LogP contribution in [0.4, 0.5) is 0 Å². The normalized spacial score (nSPS) is 20.0. The largest absolute Gasteiger partial charge is 0.494 e. The monoisotopic (exact) mass is 332 g/mol. The molecule has 5 heteroatoms. The molecule has 3 rings (SSSR count). The van der Waals surface area contributed by atoms with Gasteiger partial charge in [-0.2, -0.15) is 0 Å². The van der Waals surface area contributed by atoms with Crippen LogP contribution >= 0.6 is 24.8 Å². The SMILES string of the molecule is CCOc1ccccc1[C@H](C1CC1)N1CCNCC1.Cl.Cl. The second-order valence-electron chi connectivity index (χ2n) is 5.54. The maximum Gasteiger partial charge on any atom is 0.124 e. The highest BCUT2D eigenvalue weighted by Gasteiger charge is 2.38. The number of ether oxygens (including phenoxy) is 1. The Morgan fingerprint density at radius 1 is 1.19 bits per heavy atom. The van der Waals surface area contributed by atoms with Gasteiger partial charge in [-0.1, -0.05) is 18.2 Å². The van der Waals surface area contributed by atoms with Gasteiger partial charge in [-0.05, 0) is 31.7 Å². The van der Waals surface area contributed by atoms with Gasteiger partial charge in [0, 0.05) is 37.8 Å². The van der Waals surface area contributed by atoms with Crippen molar-refractivity contribution in [2.75, 3.05) is 32.8 Å². The second-order valence-corrected chi connectivity index (χ2v) is 5.54. The number of piperazine rings is 1. The Kier molecular flexibility index (Phi) is 7.82. The third-order valence-electron chi connectivity index (χ3n) is 4.15. The molecule has 1 N–H and O–H groups in total. The zero-order valence-corrected chi connectivity index (χ0v) is 14.2. The summed E-state index contributed by atoms with van der Waals surface area (Å²) >= 11 is 0. The first kappa shape index (κ1) is 18.6. The number of rotatable bonds is 5. The highest BCUT2D eigenvalue weighted by atomic mass is 35.5. The molecule has 1 aromatic carbocycles. The molecule has 1 saturated carbocycles. The summed E-state index contributed by atoms with van der Waals surface area (Å²) in [7, 11) is 0. The van der Waals surface area contributed by atoms with Crippen LogP contribution in [0, 0.1) is 5.92 Å². The third-order valence-corrected chi connectivity index (χ3v) is 4.15. The van der Waals surface area contributed by atoms with Crippen LogP contribution in [0.5, 0.6) is 5.75 Å². The zero-order chi connectivity index (χ0) is 13.1. The van der Waals surface area contributed by atoms with Gasteiger partial charge in [0.25, 0.3) is 0 Å². The predicted molar refractivity (Wildman–Crippen MR) is 92.0 cm³/mol. The Hall–Kier alpha value is -0.480. The van der Waals surface area contributed by atoms with Gasteiger partial charge in [0.1, 0.15) is 5.75 Å². The fraction of sp³-hybridized carbons (Fsp3) is 0.625. The summed E-state index contributed by atoms with van der Waals surface area (Å²) in [5.74, 6) is 1.92. The summed E-state index contributed by atoms with van der Waals surface area (Å²) in [6.07, 6.45) is 2.74. The first-order valence-corrected chi connectivity index (χ1v) is 7.56. The maximum absolute atomic E-state index is 5.84. The summed E-state index contributed by atoms with van der Waals surface area (Å²) in [5.41, 5.74) is 1.40. The third kappa shape index (κ3) is 4.49. The van der Waals surface area contributed by atoms with Crippen LogP contribution in [0.15, 0.2) is 24.3 Å². The van der Waals surface area contributed by atoms with E-state index in [4.69, 9.17) is 4.74 Å². The van der Waals surface area contributed by atoms with Crippen LogP contribution < -0.4 is 10.1 Å². The van der Waals surface area contributed by atoms with Crippen LogP contribution in [0.3, 0.4) is 0 Å². The van der Waals surface area contributed by atoms with Crippen molar-refractivity contribution in [3.05, 3.63) is 29.8 Å². The number of nitrogens with zero attached hydrogens (tertiary/aromatic N) is 1. The van der Waals surface area contributed by atoms with Crippen molar-refractivity contribution in [3.63, 3.8) is 0 Å². The van der Waals surface area contributed by atoms with Gasteiger partial charge in [0.05, 0.1) is 6.61 Å². The lowest BCUT2D eigenvalue weighted by Crippen LogP contribution is -2.45. The van der Waals surface area contributed by atoms with Crippen molar-refractivity contribution >= 4 is 24.8 Å². The van der Waals surface area contributed by atoms with Crippen molar-refractivity contribution < 1.29 is 4.74 Å². The van der Waals surface area contributed by atoms with Crippen molar-refractivity contribution in [2.45, 2.75) is 25.8 Å². The minimum Gasteiger partial charge on any atom is -0.494 e. The summed E-state index contributed by atoms with van der Waals surface area (Å²) < 4.78 is 5.84. The number of nitrogens with one attached hydrogen (secondary N) is 1. The maximum atomic E-state index is 5.84. The minimum atomic E-state index is 0. The highest BCUT2D eigenvalue weighted by molar-refractivity contribution is 5.85. The van der Waals surface area contributed by atoms with Gasteiger partial charge >= 0.3 is 0 Å². The summed E-state index contributed by atoms with van der Waals surface area (Å²) in [6, 6.07) is 9.17. The van der Waals surface area contributed by atoms with E-state index in [0.29, 0.717) is 6.04 Å². The number of para-hydroxylation sites is 1. The molecule has 0 bridgehead atoms. The molecule has 0 spiro atoms. The van der Waals surface area contributed by atoms with Gasteiger partial charge in [-0.25, -0.2) is 0 Å². The Labute approximate surface area is 140 Å². The van der Waals surface area contributed by atoms with Gasteiger partial charge in [0.2, 0.25) is 0 Å². The van der Waals surface area contributed by atoms with Crippen molar-refractivity contribution in [1.82, 2.24) is 10.2 Å². The molecule has 1 aliphatic carbocycles. The highest BCUT2D eigenvalue weighted by Crippen LogP contribution is 2.46. The lowest BCUT2D eigenvalue weighted by molar-refractivity contribution is 0.152. The molecule has 2 fully saturated rings. The molecule has 1 saturated heterocycles. The minimum absolute atomic E-state index is 0.